The molecule has 1 saturated heterocycles. The van der Waals surface area contributed by atoms with Crippen LogP contribution in [0.2, 0.25) is 0 Å². The van der Waals surface area contributed by atoms with Gasteiger partial charge < -0.3 is 24.4 Å². The fraction of sp³-hybridized carbons (Fsp3) is 0.273. The molecule has 0 radical (unpaired) electrons. The number of rotatable bonds is 4. The van der Waals surface area contributed by atoms with Gasteiger partial charge in [0, 0.05) is 24.5 Å². The van der Waals surface area contributed by atoms with E-state index in [9.17, 15) is 4.79 Å². The third kappa shape index (κ3) is 4.26. The van der Waals surface area contributed by atoms with Crippen molar-refractivity contribution in [2.24, 2.45) is 0 Å². The highest BCUT2D eigenvalue weighted by atomic mass is 16.6. The van der Waals surface area contributed by atoms with Crippen LogP contribution in [0.5, 0.6) is 11.5 Å². The fourth-order valence-corrected chi connectivity index (χ4v) is 3.55. The lowest BCUT2D eigenvalue weighted by molar-refractivity contribution is -0.0247. The molecule has 0 unspecified atom stereocenters. The molecule has 1 amide bonds. The minimum Gasteiger partial charge on any atom is -0.486 e. The zero-order valence-electron chi connectivity index (χ0n) is 16.7. The van der Waals surface area contributed by atoms with Crippen LogP contribution in [0.25, 0.3) is 0 Å². The number of pyridine rings is 1. The Balaban J connectivity index is 1.26. The molecule has 2 aliphatic heterocycles. The normalized spacial score (nSPS) is 17.8. The Bertz CT molecular complexity index is 1060. The summed E-state index contributed by atoms with van der Waals surface area (Å²) in [5.41, 5.74) is 2.13. The van der Waals surface area contributed by atoms with Gasteiger partial charge in [0.25, 0.3) is 5.91 Å². The molecule has 31 heavy (non-hydrogen) atoms. The molecule has 2 aliphatic rings. The van der Waals surface area contributed by atoms with E-state index in [1.807, 2.05) is 12.1 Å². The van der Waals surface area contributed by atoms with E-state index >= 15 is 0 Å². The van der Waals surface area contributed by atoms with Crippen molar-refractivity contribution in [2.75, 3.05) is 38.2 Å². The molecule has 3 aromatic rings. The standard InChI is InChI=1S/C22H21N5O4/c28-22(15-1-4-18-19(11-15)31-10-9-30-18)27-7-8-29-20(14-27)17-3-2-16(12-25-17)26-21-13-23-5-6-24-21/h1-6,11-13,20H,7-10,14H2,(H,24,26)/t20-/m1/s1. The minimum atomic E-state index is -0.291. The van der Waals surface area contributed by atoms with Gasteiger partial charge in [0.05, 0.1) is 36.9 Å². The SMILES string of the molecule is O=C(c1ccc2c(c1)OCCO2)N1CCO[C@@H](c2ccc(Nc3cnccn3)cn2)C1. The first kappa shape index (κ1) is 19.3. The van der Waals surface area contributed by atoms with Gasteiger partial charge in [-0.2, -0.15) is 0 Å². The van der Waals surface area contributed by atoms with E-state index in [0.29, 0.717) is 55.8 Å². The third-order valence-corrected chi connectivity index (χ3v) is 5.09. The van der Waals surface area contributed by atoms with Gasteiger partial charge in [0.2, 0.25) is 0 Å². The fourth-order valence-electron chi connectivity index (χ4n) is 3.55. The van der Waals surface area contributed by atoms with Crippen molar-refractivity contribution in [3.8, 4) is 11.5 Å². The number of carbonyl (C=O) groups is 1. The highest BCUT2D eigenvalue weighted by Gasteiger charge is 2.28. The summed E-state index contributed by atoms with van der Waals surface area (Å²) in [6.07, 6.45) is 6.30. The Hall–Kier alpha value is -3.72. The zero-order valence-corrected chi connectivity index (χ0v) is 16.7. The second-order valence-electron chi connectivity index (χ2n) is 7.16. The highest BCUT2D eigenvalue weighted by molar-refractivity contribution is 5.95. The number of hydrogen-bond donors (Lipinski definition) is 1. The van der Waals surface area contributed by atoms with Crippen molar-refractivity contribution in [1.29, 1.82) is 0 Å². The molecule has 158 valence electrons. The lowest BCUT2D eigenvalue weighted by Crippen LogP contribution is -2.42. The number of morpholine rings is 1. The van der Waals surface area contributed by atoms with Crippen molar-refractivity contribution in [1.82, 2.24) is 19.9 Å². The maximum Gasteiger partial charge on any atom is 0.254 e. The average molecular weight is 419 g/mol. The number of aromatic nitrogens is 3. The summed E-state index contributed by atoms with van der Waals surface area (Å²) in [5.74, 6) is 1.85. The second-order valence-corrected chi connectivity index (χ2v) is 7.16. The maximum atomic E-state index is 13.1. The number of fused-ring (bicyclic) bond motifs is 1. The van der Waals surface area contributed by atoms with Crippen LogP contribution < -0.4 is 14.8 Å². The number of anilines is 2. The molecule has 9 heteroatoms. The first-order valence-electron chi connectivity index (χ1n) is 10.1. The molecule has 9 nitrogen and oxygen atoms in total. The van der Waals surface area contributed by atoms with Crippen LogP contribution in [0.4, 0.5) is 11.5 Å². The van der Waals surface area contributed by atoms with E-state index in [4.69, 9.17) is 14.2 Å². The van der Waals surface area contributed by atoms with Crippen LogP contribution >= 0.6 is 0 Å². The lowest BCUT2D eigenvalue weighted by atomic mass is 10.1. The van der Waals surface area contributed by atoms with Crippen molar-refractivity contribution >= 4 is 17.4 Å². The van der Waals surface area contributed by atoms with Crippen LogP contribution in [-0.4, -0.2) is 58.7 Å². The second kappa shape index (κ2) is 8.57. The number of benzene rings is 1. The molecule has 5 rings (SSSR count). The topological polar surface area (TPSA) is 98.7 Å². The number of nitrogens with one attached hydrogen (secondary N) is 1. The Morgan fingerprint density at radius 1 is 1.00 bits per heavy atom. The van der Waals surface area contributed by atoms with Gasteiger partial charge in [-0.3, -0.25) is 14.8 Å². The molecule has 1 aromatic carbocycles. The van der Waals surface area contributed by atoms with E-state index in [1.54, 1.807) is 47.9 Å². The quantitative estimate of drug-likeness (QED) is 0.689. The number of ether oxygens (including phenoxy) is 3. The number of hydrogen-bond acceptors (Lipinski definition) is 8. The molecule has 0 aliphatic carbocycles. The van der Waals surface area contributed by atoms with Gasteiger partial charge in [0.15, 0.2) is 11.5 Å². The Kier molecular flexibility index (Phi) is 5.32. The monoisotopic (exact) mass is 419 g/mol. The van der Waals surface area contributed by atoms with Crippen molar-refractivity contribution in [2.45, 2.75) is 6.10 Å². The maximum absolute atomic E-state index is 13.1. The van der Waals surface area contributed by atoms with Crippen LogP contribution in [0.15, 0.2) is 55.1 Å². The van der Waals surface area contributed by atoms with Crippen molar-refractivity contribution < 1.29 is 19.0 Å². The Labute approximate surface area is 179 Å². The number of amides is 1. The van der Waals surface area contributed by atoms with E-state index in [0.717, 1.165) is 11.4 Å². The molecular formula is C22H21N5O4. The third-order valence-electron chi connectivity index (χ3n) is 5.09. The van der Waals surface area contributed by atoms with Crippen LogP contribution in [0.1, 0.15) is 22.2 Å². The summed E-state index contributed by atoms with van der Waals surface area (Å²) in [6.45, 7) is 2.40. The largest absolute Gasteiger partial charge is 0.486 e. The summed E-state index contributed by atoms with van der Waals surface area (Å²) in [5, 5.41) is 3.14. The molecule has 0 saturated carbocycles. The molecular weight excluding hydrogens is 398 g/mol. The minimum absolute atomic E-state index is 0.0637. The summed E-state index contributed by atoms with van der Waals surface area (Å²) < 4.78 is 17.0. The Morgan fingerprint density at radius 3 is 2.71 bits per heavy atom. The van der Waals surface area contributed by atoms with Crippen molar-refractivity contribution in [3.63, 3.8) is 0 Å². The van der Waals surface area contributed by atoms with Crippen LogP contribution in [0, 0.1) is 0 Å². The molecule has 0 spiro atoms. The van der Waals surface area contributed by atoms with E-state index in [-0.39, 0.29) is 12.0 Å². The average Bonchev–Trinajstić information content (AvgIpc) is 2.84. The number of nitrogens with zero attached hydrogens (tertiary/aromatic N) is 4. The smallest absolute Gasteiger partial charge is 0.254 e. The summed E-state index contributed by atoms with van der Waals surface area (Å²) in [6, 6.07) is 9.09. The van der Waals surface area contributed by atoms with Gasteiger partial charge in [-0.1, -0.05) is 0 Å². The molecule has 1 fully saturated rings. The Morgan fingerprint density at radius 2 is 1.90 bits per heavy atom. The van der Waals surface area contributed by atoms with Gasteiger partial charge in [-0.05, 0) is 30.3 Å². The van der Waals surface area contributed by atoms with Gasteiger partial charge in [-0.15, -0.1) is 0 Å². The first-order chi connectivity index (χ1) is 15.3. The van der Waals surface area contributed by atoms with Crippen LogP contribution in [0.3, 0.4) is 0 Å². The predicted octanol–water partition coefficient (Wildman–Crippen LogP) is 2.60. The molecule has 2 aromatic heterocycles. The summed E-state index contributed by atoms with van der Waals surface area (Å²) in [7, 11) is 0. The summed E-state index contributed by atoms with van der Waals surface area (Å²) in [4.78, 5) is 27.6. The summed E-state index contributed by atoms with van der Waals surface area (Å²) >= 11 is 0. The number of carbonyl (C=O) groups excluding carboxylic acids is 1. The molecule has 1 atom stereocenters. The van der Waals surface area contributed by atoms with E-state index in [2.05, 4.69) is 20.3 Å². The van der Waals surface area contributed by atoms with E-state index in [1.165, 1.54) is 0 Å². The van der Waals surface area contributed by atoms with Crippen LogP contribution in [-0.2, 0) is 4.74 Å². The predicted molar refractivity (Wildman–Crippen MR) is 112 cm³/mol. The van der Waals surface area contributed by atoms with Gasteiger partial charge in [-0.25, -0.2) is 4.98 Å². The van der Waals surface area contributed by atoms with Gasteiger partial charge in [0.1, 0.15) is 25.1 Å². The zero-order chi connectivity index (χ0) is 21.0. The highest BCUT2D eigenvalue weighted by Crippen LogP contribution is 2.32. The molecule has 1 N–H and O–H groups in total. The van der Waals surface area contributed by atoms with E-state index < -0.39 is 0 Å². The van der Waals surface area contributed by atoms with Gasteiger partial charge >= 0.3 is 0 Å². The molecule has 0 bridgehead atoms. The lowest BCUT2D eigenvalue weighted by Gasteiger charge is -2.33. The first-order valence-corrected chi connectivity index (χ1v) is 10.1. The van der Waals surface area contributed by atoms with Crippen molar-refractivity contribution in [3.05, 3.63) is 66.4 Å². The molecule has 4 heterocycles.